The number of halogens is 3. The topological polar surface area (TPSA) is 58.4 Å². The first-order valence-corrected chi connectivity index (χ1v) is 8.92. The van der Waals surface area contributed by atoms with Crippen LogP contribution in [0.2, 0.25) is 0 Å². The molecule has 0 atom stereocenters. The maximum atomic E-state index is 13.0. The zero-order valence-corrected chi connectivity index (χ0v) is 14.6. The van der Waals surface area contributed by atoms with Crippen molar-refractivity contribution in [2.75, 3.05) is 23.3 Å². The quantitative estimate of drug-likeness (QED) is 0.740. The van der Waals surface area contributed by atoms with Crippen molar-refractivity contribution in [2.24, 2.45) is 0 Å². The van der Waals surface area contributed by atoms with E-state index in [1.54, 1.807) is 6.07 Å². The zero-order chi connectivity index (χ0) is 18.9. The summed E-state index contributed by atoms with van der Waals surface area (Å²) in [7, 11) is 0. The lowest BCUT2D eigenvalue weighted by molar-refractivity contribution is -0.146. The van der Waals surface area contributed by atoms with E-state index in [4.69, 9.17) is 0 Å². The molecule has 1 aromatic carbocycles. The number of rotatable bonds is 3. The number of hydrogen-bond acceptors (Lipinski definition) is 5. The van der Waals surface area contributed by atoms with E-state index in [1.807, 2.05) is 18.2 Å². The molecule has 0 amide bonds. The Bertz CT molecular complexity index is 928. The molecular formula is C18H19F3N6. The molecule has 2 aromatic heterocycles. The van der Waals surface area contributed by atoms with E-state index in [1.165, 1.54) is 31.7 Å². The molecule has 1 N–H and O–H groups in total. The first kappa shape index (κ1) is 17.6. The van der Waals surface area contributed by atoms with E-state index >= 15 is 0 Å². The second-order valence-corrected chi connectivity index (χ2v) is 6.59. The fourth-order valence-corrected chi connectivity index (χ4v) is 3.29. The minimum atomic E-state index is -4.61. The number of benzene rings is 1. The molecule has 9 heteroatoms. The van der Waals surface area contributed by atoms with Gasteiger partial charge < -0.3 is 10.2 Å². The molecule has 1 aliphatic heterocycles. The van der Waals surface area contributed by atoms with Gasteiger partial charge in [0, 0.05) is 24.5 Å². The smallest absolute Gasteiger partial charge is 0.371 e. The molecule has 0 unspecified atom stereocenters. The van der Waals surface area contributed by atoms with E-state index in [0.29, 0.717) is 10.3 Å². The summed E-state index contributed by atoms with van der Waals surface area (Å²) >= 11 is 0. The molecule has 1 fully saturated rings. The van der Waals surface area contributed by atoms with Crippen LogP contribution in [0.25, 0.3) is 5.65 Å². The van der Waals surface area contributed by atoms with E-state index in [-0.39, 0.29) is 5.65 Å². The molecule has 142 valence electrons. The molecule has 3 heterocycles. The van der Waals surface area contributed by atoms with Gasteiger partial charge in [0.05, 0.1) is 0 Å². The molecule has 0 spiro atoms. The maximum Gasteiger partial charge on any atom is 0.453 e. The minimum absolute atomic E-state index is 0.0474. The number of alkyl halides is 3. The summed E-state index contributed by atoms with van der Waals surface area (Å²) in [6.07, 6.45) is 0.225. The Kier molecular flexibility index (Phi) is 4.59. The van der Waals surface area contributed by atoms with Crippen LogP contribution in [0.5, 0.6) is 0 Å². The number of anilines is 3. The van der Waals surface area contributed by atoms with Crippen LogP contribution in [0.15, 0.2) is 36.4 Å². The van der Waals surface area contributed by atoms with Gasteiger partial charge in [-0.05, 0) is 43.2 Å². The molecular weight excluding hydrogens is 357 g/mol. The van der Waals surface area contributed by atoms with Crippen LogP contribution in [-0.2, 0) is 6.18 Å². The fourth-order valence-electron chi connectivity index (χ4n) is 3.29. The lowest BCUT2D eigenvalue weighted by Gasteiger charge is -2.23. The Hall–Kier alpha value is -2.84. The van der Waals surface area contributed by atoms with Crippen molar-refractivity contribution >= 4 is 22.8 Å². The summed E-state index contributed by atoms with van der Waals surface area (Å²) in [5, 5.41) is 13.8. The van der Waals surface area contributed by atoms with E-state index < -0.39 is 12.0 Å². The average molecular weight is 376 g/mol. The third-order valence-electron chi connectivity index (χ3n) is 4.61. The van der Waals surface area contributed by atoms with Crippen LogP contribution in [0.3, 0.4) is 0 Å². The molecule has 0 radical (unpaired) electrons. The van der Waals surface area contributed by atoms with Gasteiger partial charge in [-0.3, -0.25) is 0 Å². The number of nitrogens with one attached hydrogen (secondary N) is 1. The summed E-state index contributed by atoms with van der Waals surface area (Å²) in [5.74, 6) is -0.847. The second-order valence-electron chi connectivity index (χ2n) is 6.59. The predicted molar refractivity (Wildman–Crippen MR) is 96.2 cm³/mol. The number of hydrogen-bond donors (Lipinski definition) is 1. The first-order valence-electron chi connectivity index (χ1n) is 8.92. The van der Waals surface area contributed by atoms with E-state index in [9.17, 15) is 13.2 Å². The molecule has 1 saturated heterocycles. The van der Waals surface area contributed by atoms with Gasteiger partial charge in [-0.15, -0.1) is 15.3 Å². The molecule has 6 nitrogen and oxygen atoms in total. The average Bonchev–Trinajstić information content (AvgIpc) is 2.88. The van der Waals surface area contributed by atoms with E-state index in [2.05, 4.69) is 31.6 Å². The Balaban J connectivity index is 1.59. The van der Waals surface area contributed by atoms with Crippen LogP contribution < -0.4 is 10.2 Å². The van der Waals surface area contributed by atoms with Gasteiger partial charge in [-0.1, -0.05) is 18.9 Å². The Morgan fingerprint density at radius 2 is 1.70 bits per heavy atom. The summed E-state index contributed by atoms with van der Waals surface area (Å²) in [6, 6.07) is 10.9. The minimum Gasteiger partial charge on any atom is -0.371 e. The second kappa shape index (κ2) is 7.05. The van der Waals surface area contributed by atoms with Crippen LogP contribution in [-0.4, -0.2) is 32.9 Å². The SMILES string of the molecule is FC(F)(F)c1nnc2ccc(Nc3cccc(N4CCCCCC4)c3)nn12. The third-order valence-corrected chi connectivity index (χ3v) is 4.61. The highest BCUT2D eigenvalue weighted by molar-refractivity contribution is 5.63. The summed E-state index contributed by atoms with van der Waals surface area (Å²) in [6.45, 7) is 2.03. The van der Waals surface area contributed by atoms with Gasteiger partial charge in [0.1, 0.15) is 0 Å². The van der Waals surface area contributed by atoms with Crippen molar-refractivity contribution in [3.63, 3.8) is 0 Å². The number of fused-ring (bicyclic) bond motifs is 1. The third kappa shape index (κ3) is 3.81. The van der Waals surface area contributed by atoms with Crippen molar-refractivity contribution in [3.05, 3.63) is 42.2 Å². The van der Waals surface area contributed by atoms with Crippen LogP contribution in [0.4, 0.5) is 30.4 Å². The summed E-state index contributed by atoms with van der Waals surface area (Å²) in [4.78, 5) is 2.34. The van der Waals surface area contributed by atoms with Gasteiger partial charge in [0.25, 0.3) is 5.82 Å². The van der Waals surface area contributed by atoms with Crippen molar-refractivity contribution in [1.29, 1.82) is 0 Å². The highest BCUT2D eigenvalue weighted by atomic mass is 19.4. The lowest BCUT2D eigenvalue weighted by Crippen LogP contribution is -2.23. The van der Waals surface area contributed by atoms with E-state index in [0.717, 1.165) is 24.5 Å². The van der Waals surface area contributed by atoms with Gasteiger partial charge in [-0.25, -0.2) is 0 Å². The summed E-state index contributed by atoms with van der Waals surface area (Å²) in [5.41, 5.74) is 1.92. The van der Waals surface area contributed by atoms with Crippen molar-refractivity contribution in [1.82, 2.24) is 19.8 Å². The van der Waals surface area contributed by atoms with Gasteiger partial charge in [0.15, 0.2) is 11.5 Å². The predicted octanol–water partition coefficient (Wildman–Crippen LogP) is 4.27. The molecule has 0 saturated carbocycles. The van der Waals surface area contributed by atoms with Crippen LogP contribution in [0, 0.1) is 0 Å². The zero-order valence-electron chi connectivity index (χ0n) is 14.6. The highest BCUT2D eigenvalue weighted by Crippen LogP contribution is 2.28. The number of nitrogens with zero attached hydrogens (tertiary/aromatic N) is 5. The van der Waals surface area contributed by atoms with Crippen LogP contribution in [0.1, 0.15) is 31.5 Å². The largest absolute Gasteiger partial charge is 0.453 e. The lowest BCUT2D eigenvalue weighted by atomic mass is 10.2. The Labute approximate surface area is 154 Å². The molecule has 1 aliphatic rings. The van der Waals surface area contributed by atoms with Crippen LogP contribution >= 0.6 is 0 Å². The van der Waals surface area contributed by atoms with Crippen molar-refractivity contribution < 1.29 is 13.2 Å². The maximum absolute atomic E-state index is 13.0. The molecule has 3 aromatic rings. The van der Waals surface area contributed by atoms with Crippen molar-refractivity contribution in [3.8, 4) is 0 Å². The molecule has 27 heavy (non-hydrogen) atoms. The molecule has 4 rings (SSSR count). The molecule has 0 bridgehead atoms. The van der Waals surface area contributed by atoms with Gasteiger partial charge >= 0.3 is 6.18 Å². The Morgan fingerprint density at radius 3 is 2.44 bits per heavy atom. The highest BCUT2D eigenvalue weighted by Gasteiger charge is 2.37. The Morgan fingerprint density at radius 1 is 0.926 bits per heavy atom. The normalized spacial score (nSPS) is 15.7. The number of aromatic nitrogens is 4. The van der Waals surface area contributed by atoms with Gasteiger partial charge in [0.2, 0.25) is 0 Å². The van der Waals surface area contributed by atoms with Crippen molar-refractivity contribution in [2.45, 2.75) is 31.9 Å². The fraction of sp³-hybridized carbons (Fsp3) is 0.389. The van der Waals surface area contributed by atoms with Gasteiger partial charge in [-0.2, -0.15) is 17.7 Å². The monoisotopic (exact) mass is 376 g/mol. The standard InChI is InChI=1S/C18H19F3N6/c19-18(20,21)17-24-23-16-9-8-15(25-27(16)17)22-13-6-5-7-14(12-13)26-10-3-1-2-4-11-26/h5-9,12H,1-4,10-11H2,(H,22,25). The summed E-state index contributed by atoms with van der Waals surface area (Å²) < 4.78 is 39.7. The molecule has 0 aliphatic carbocycles. The first-order chi connectivity index (χ1) is 13.0.